The van der Waals surface area contributed by atoms with Gasteiger partial charge < -0.3 is 15.8 Å². The Balaban J connectivity index is 0.00000400. The van der Waals surface area contributed by atoms with Crippen molar-refractivity contribution in [3.05, 3.63) is 29.3 Å². The van der Waals surface area contributed by atoms with Gasteiger partial charge in [0.1, 0.15) is 5.75 Å². The summed E-state index contributed by atoms with van der Waals surface area (Å²) in [6, 6.07) is 6.00. The van der Waals surface area contributed by atoms with E-state index in [1.807, 2.05) is 25.1 Å². The van der Waals surface area contributed by atoms with Crippen molar-refractivity contribution < 1.29 is 9.53 Å². The molecule has 3 N–H and O–H groups in total. The van der Waals surface area contributed by atoms with Gasteiger partial charge in [-0.2, -0.15) is 0 Å². The zero-order valence-electron chi connectivity index (χ0n) is 13.0. The molecule has 1 aromatic rings. The van der Waals surface area contributed by atoms with E-state index in [0.29, 0.717) is 13.0 Å². The molecule has 0 heterocycles. The van der Waals surface area contributed by atoms with Gasteiger partial charge in [0.05, 0.1) is 7.11 Å². The summed E-state index contributed by atoms with van der Waals surface area (Å²) >= 11 is 0. The molecule has 1 aromatic carbocycles. The van der Waals surface area contributed by atoms with Crippen LogP contribution in [0.2, 0.25) is 0 Å². The van der Waals surface area contributed by atoms with Crippen LogP contribution in [-0.2, 0) is 11.3 Å². The van der Waals surface area contributed by atoms with Crippen molar-refractivity contribution in [1.82, 2.24) is 5.32 Å². The molecule has 1 amide bonds. The molecule has 120 valence electrons. The average Bonchev–Trinajstić information content (AvgIpc) is 2.45. The molecule has 0 atom stereocenters. The zero-order valence-corrected chi connectivity index (χ0v) is 13.8. The fraction of sp³-hybridized carbons (Fsp3) is 0.562. The second-order valence-electron chi connectivity index (χ2n) is 5.04. The third-order valence-corrected chi connectivity index (χ3v) is 3.28. The number of carbonyl (C=O) groups is 1. The molecule has 4 nitrogen and oxygen atoms in total. The first-order valence-corrected chi connectivity index (χ1v) is 7.27. The van der Waals surface area contributed by atoms with Gasteiger partial charge in [0.25, 0.3) is 0 Å². The quantitative estimate of drug-likeness (QED) is 0.689. The van der Waals surface area contributed by atoms with Gasteiger partial charge in [-0.3, -0.25) is 4.79 Å². The minimum Gasteiger partial charge on any atom is -0.496 e. The summed E-state index contributed by atoms with van der Waals surface area (Å²) in [6.07, 6.45) is 4.73. The number of amides is 1. The highest BCUT2D eigenvalue weighted by Crippen LogP contribution is 2.19. The Hall–Kier alpha value is -1.26. The number of carbonyl (C=O) groups excluding carboxylic acids is 1. The lowest BCUT2D eigenvalue weighted by Crippen LogP contribution is -2.22. The van der Waals surface area contributed by atoms with E-state index in [2.05, 4.69) is 5.32 Å². The maximum Gasteiger partial charge on any atom is 0.220 e. The SMILES string of the molecule is COc1cc(C)ccc1CNC(=O)CCCCCCN.Cl. The second kappa shape index (κ2) is 11.4. The molecule has 1 rings (SSSR count). The van der Waals surface area contributed by atoms with Crippen molar-refractivity contribution in [2.75, 3.05) is 13.7 Å². The Morgan fingerprint density at radius 1 is 1.24 bits per heavy atom. The van der Waals surface area contributed by atoms with Crippen LogP contribution in [0.25, 0.3) is 0 Å². The van der Waals surface area contributed by atoms with Crippen LogP contribution in [0.15, 0.2) is 18.2 Å². The topological polar surface area (TPSA) is 64.3 Å². The predicted molar refractivity (Wildman–Crippen MR) is 89.0 cm³/mol. The van der Waals surface area contributed by atoms with Crippen molar-refractivity contribution in [1.29, 1.82) is 0 Å². The van der Waals surface area contributed by atoms with Crippen LogP contribution in [0, 0.1) is 6.92 Å². The van der Waals surface area contributed by atoms with E-state index in [4.69, 9.17) is 10.5 Å². The Labute approximate surface area is 133 Å². The Morgan fingerprint density at radius 2 is 1.95 bits per heavy atom. The summed E-state index contributed by atoms with van der Waals surface area (Å²) in [5.74, 6) is 0.925. The van der Waals surface area contributed by atoms with Crippen LogP contribution in [0.1, 0.15) is 43.2 Å². The lowest BCUT2D eigenvalue weighted by molar-refractivity contribution is -0.121. The molecule has 0 saturated heterocycles. The summed E-state index contributed by atoms with van der Waals surface area (Å²) in [7, 11) is 1.65. The fourth-order valence-corrected chi connectivity index (χ4v) is 2.06. The Bertz CT molecular complexity index is 425. The highest BCUT2D eigenvalue weighted by molar-refractivity contribution is 5.85. The summed E-state index contributed by atoms with van der Waals surface area (Å²) in [4.78, 5) is 11.7. The largest absolute Gasteiger partial charge is 0.496 e. The van der Waals surface area contributed by atoms with Gasteiger partial charge in [-0.15, -0.1) is 12.4 Å². The van der Waals surface area contributed by atoms with E-state index in [9.17, 15) is 4.79 Å². The standard InChI is InChI=1S/C16H26N2O2.ClH/c1-13-8-9-14(15(11-13)20-2)12-18-16(19)7-5-3-4-6-10-17;/h8-9,11H,3-7,10,12,17H2,1-2H3,(H,18,19);1H. The van der Waals surface area contributed by atoms with Gasteiger partial charge in [-0.05, 0) is 37.9 Å². The number of unbranched alkanes of at least 4 members (excludes halogenated alkanes) is 3. The van der Waals surface area contributed by atoms with Crippen molar-refractivity contribution in [2.45, 2.75) is 45.6 Å². The number of hydrogen-bond donors (Lipinski definition) is 2. The maximum atomic E-state index is 11.7. The van der Waals surface area contributed by atoms with Gasteiger partial charge in [0, 0.05) is 18.5 Å². The van der Waals surface area contributed by atoms with E-state index < -0.39 is 0 Å². The van der Waals surface area contributed by atoms with Crippen molar-refractivity contribution >= 4 is 18.3 Å². The number of rotatable bonds is 9. The third kappa shape index (κ3) is 7.93. The number of methoxy groups -OCH3 is 1. The van der Waals surface area contributed by atoms with E-state index in [0.717, 1.165) is 49.1 Å². The number of hydrogen-bond acceptors (Lipinski definition) is 3. The Kier molecular flexibility index (Phi) is 10.7. The first kappa shape index (κ1) is 19.7. The molecule has 0 fully saturated rings. The molecule has 0 saturated carbocycles. The van der Waals surface area contributed by atoms with E-state index in [1.54, 1.807) is 7.11 Å². The molecule has 0 spiro atoms. The lowest BCUT2D eigenvalue weighted by Gasteiger charge is -2.10. The van der Waals surface area contributed by atoms with Gasteiger partial charge >= 0.3 is 0 Å². The molecule has 0 bridgehead atoms. The Morgan fingerprint density at radius 3 is 2.62 bits per heavy atom. The number of ether oxygens (including phenoxy) is 1. The molecule has 0 aliphatic carbocycles. The monoisotopic (exact) mass is 314 g/mol. The second-order valence-corrected chi connectivity index (χ2v) is 5.04. The number of nitrogens with one attached hydrogen (secondary N) is 1. The van der Waals surface area contributed by atoms with Crippen LogP contribution in [0.3, 0.4) is 0 Å². The van der Waals surface area contributed by atoms with Crippen LogP contribution in [0.4, 0.5) is 0 Å². The predicted octanol–water partition coefficient (Wildman–Crippen LogP) is 2.95. The smallest absolute Gasteiger partial charge is 0.220 e. The molecule has 0 aliphatic rings. The van der Waals surface area contributed by atoms with E-state index in [-0.39, 0.29) is 18.3 Å². The van der Waals surface area contributed by atoms with Gasteiger partial charge in [-0.1, -0.05) is 25.0 Å². The van der Waals surface area contributed by atoms with E-state index in [1.165, 1.54) is 0 Å². The van der Waals surface area contributed by atoms with Crippen LogP contribution >= 0.6 is 12.4 Å². The number of nitrogens with two attached hydrogens (primary N) is 1. The van der Waals surface area contributed by atoms with Gasteiger partial charge in [0.15, 0.2) is 0 Å². The van der Waals surface area contributed by atoms with Crippen LogP contribution in [-0.4, -0.2) is 19.6 Å². The minimum atomic E-state index is 0. The molecule has 21 heavy (non-hydrogen) atoms. The zero-order chi connectivity index (χ0) is 14.8. The number of benzene rings is 1. The first-order chi connectivity index (χ1) is 9.67. The summed E-state index contributed by atoms with van der Waals surface area (Å²) < 4.78 is 5.32. The highest BCUT2D eigenvalue weighted by atomic mass is 35.5. The molecule has 5 heteroatoms. The molecule has 0 unspecified atom stereocenters. The number of aryl methyl sites for hydroxylation is 1. The maximum absolute atomic E-state index is 11.7. The molecule has 0 radical (unpaired) electrons. The van der Waals surface area contributed by atoms with Crippen molar-refractivity contribution in [3.63, 3.8) is 0 Å². The third-order valence-electron chi connectivity index (χ3n) is 3.28. The van der Waals surface area contributed by atoms with Crippen molar-refractivity contribution in [3.8, 4) is 5.75 Å². The molecular formula is C16H27ClN2O2. The van der Waals surface area contributed by atoms with Crippen molar-refractivity contribution in [2.24, 2.45) is 5.73 Å². The molecule has 0 aromatic heterocycles. The summed E-state index contributed by atoms with van der Waals surface area (Å²) in [5, 5.41) is 2.94. The lowest BCUT2D eigenvalue weighted by atomic mass is 10.1. The number of halogens is 1. The first-order valence-electron chi connectivity index (χ1n) is 7.27. The van der Waals surface area contributed by atoms with E-state index >= 15 is 0 Å². The van der Waals surface area contributed by atoms with Gasteiger partial charge in [0.2, 0.25) is 5.91 Å². The average molecular weight is 315 g/mol. The van der Waals surface area contributed by atoms with Crippen LogP contribution < -0.4 is 15.8 Å². The summed E-state index contributed by atoms with van der Waals surface area (Å²) in [6.45, 7) is 3.27. The molecule has 0 aliphatic heterocycles. The normalized spacial score (nSPS) is 9.86. The van der Waals surface area contributed by atoms with Gasteiger partial charge in [-0.25, -0.2) is 0 Å². The highest BCUT2D eigenvalue weighted by Gasteiger charge is 2.05. The summed E-state index contributed by atoms with van der Waals surface area (Å²) in [5.41, 5.74) is 7.59. The fourth-order valence-electron chi connectivity index (χ4n) is 2.06. The minimum absolute atomic E-state index is 0. The van der Waals surface area contributed by atoms with Crippen LogP contribution in [0.5, 0.6) is 5.75 Å². The molecular weight excluding hydrogens is 288 g/mol.